The molecule has 3 amide bonds. The average molecular weight is 381 g/mol. The molecule has 2 heterocycles. The Bertz CT molecular complexity index is 770. The molecule has 1 aromatic carbocycles. The first-order valence-corrected chi connectivity index (χ1v) is 10.2. The zero-order valence-electron chi connectivity index (χ0n) is 16.3. The lowest BCUT2D eigenvalue weighted by molar-refractivity contribution is -0.146. The number of benzene rings is 1. The molecule has 3 aliphatic rings. The number of carbonyl (C=O) groups excluding carboxylic acids is 3. The van der Waals surface area contributed by atoms with Crippen LogP contribution in [-0.4, -0.2) is 41.8 Å². The molecule has 0 bridgehead atoms. The van der Waals surface area contributed by atoms with Gasteiger partial charge in [-0.1, -0.05) is 12.2 Å². The van der Waals surface area contributed by atoms with Gasteiger partial charge in [-0.05, 0) is 63.3 Å². The molecule has 0 radical (unpaired) electrons. The van der Waals surface area contributed by atoms with E-state index >= 15 is 0 Å². The number of carbonyl (C=O) groups is 3. The molecule has 28 heavy (non-hydrogen) atoms. The molecule has 6 heteroatoms. The highest BCUT2D eigenvalue weighted by atomic mass is 16.2. The Labute approximate surface area is 165 Å². The fraction of sp³-hybridized carbons (Fsp3) is 0.500. The van der Waals surface area contributed by atoms with Crippen LogP contribution in [0.2, 0.25) is 0 Å². The van der Waals surface area contributed by atoms with Crippen molar-refractivity contribution >= 4 is 29.1 Å². The summed E-state index contributed by atoms with van der Waals surface area (Å²) in [5.74, 6) is -1.39. The van der Waals surface area contributed by atoms with Crippen LogP contribution in [0.1, 0.15) is 39.0 Å². The van der Waals surface area contributed by atoms with Gasteiger partial charge in [0.25, 0.3) is 0 Å². The van der Waals surface area contributed by atoms with Crippen LogP contribution >= 0.6 is 0 Å². The van der Waals surface area contributed by atoms with E-state index in [1.165, 1.54) is 24.2 Å². The highest BCUT2D eigenvalue weighted by Crippen LogP contribution is 2.36. The van der Waals surface area contributed by atoms with E-state index in [0.717, 1.165) is 18.8 Å². The number of hydrogen-bond acceptors (Lipinski definition) is 4. The summed E-state index contributed by atoms with van der Waals surface area (Å²) >= 11 is 0. The quantitative estimate of drug-likeness (QED) is 0.643. The number of nitrogens with zero attached hydrogens (tertiary/aromatic N) is 2. The van der Waals surface area contributed by atoms with Crippen molar-refractivity contribution in [2.45, 2.75) is 45.1 Å². The second-order valence-electron chi connectivity index (χ2n) is 7.96. The molecular weight excluding hydrogens is 354 g/mol. The third kappa shape index (κ3) is 3.43. The van der Waals surface area contributed by atoms with E-state index in [1.807, 2.05) is 36.4 Å². The van der Waals surface area contributed by atoms with Crippen LogP contribution in [0.3, 0.4) is 0 Å². The molecule has 0 aromatic heterocycles. The van der Waals surface area contributed by atoms with Crippen molar-refractivity contribution in [3.63, 3.8) is 0 Å². The van der Waals surface area contributed by atoms with Crippen molar-refractivity contribution in [3.8, 4) is 0 Å². The van der Waals surface area contributed by atoms with Crippen molar-refractivity contribution in [1.29, 1.82) is 0 Å². The van der Waals surface area contributed by atoms with E-state index in [2.05, 4.69) is 10.2 Å². The standard InChI is InChI=1S/C22H27N3O3/c1-15(25-21(27)18-7-3-4-8-19(18)22(25)28)20(26)23-16-9-11-17(12-10-16)24-13-5-2-6-14-24/h3-4,9-12,15,18-19H,2,5-8,13-14H2,1H3,(H,23,26)/t15-,18+,19+/m0/s1. The van der Waals surface area contributed by atoms with Crippen molar-refractivity contribution < 1.29 is 14.4 Å². The van der Waals surface area contributed by atoms with Gasteiger partial charge < -0.3 is 10.2 Å². The van der Waals surface area contributed by atoms with E-state index in [4.69, 9.17) is 0 Å². The Kier molecular flexibility index (Phi) is 5.20. The molecule has 0 spiro atoms. The number of hydrogen-bond donors (Lipinski definition) is 1. The highest BCUT2D eigenvalue weighted by Gasteiger charge is 2.50. The highest BCUT2D eigenvalue weighted by molar-refractivity contribution is 6.10. The number of likely N-dealkylation sites (tertiary alicyclic amines) is 1. The Morgan fingerprint density at radius 1 is 0.964 bits per heavy atom. The summed E-state index contributed by atoms with van der Waals surface area (Å²) in [6.07, 6.45) is 8.77. The van der Waals surface area contributed by atoms with Crippen LogP contribution in [-0.2, 0) is 14.4 Å². The van der Waals surface area contributed by atoms with Gasteiger partial charge in [-0.2, -0.15) is 0 Å². The van der Waals surface area contributed by atoms with Gasteiger partial charge in [0.2, 0.25) is 17.7 Å². The Balaban J connectivity index is 1.40. The number of imide groups is 1. The van der Waals surface area contributed by atoms with E-state index in [9.17, 15) is 14.4 Å². The lowest BCUT2D eigenvalue weighted by Crippen LogP contribution is -2.46. The number of allylic oxidation sites excluding steroid dienone is 2. The first kappa shape index (κ1) is 18.7. The smallest absolute Gasteiger partial charge is 0.247 e. The van der Waals surface area contributed by atoms with Gasteiger partial charge in [-0.15, -0.1) is 0 Å². The molecule has 0 saturated carbocycles. The number of amides is 3. The van der Waals surface area contributed by atoms with Gasteiger partial charge in [-0.3, -0.25) is 19.3 Å². The van der Waals surface area contributed by atoms with E-state index in [1.54, 1.807) is 6.92 Å². The van der Waals surface area contributed by atoms with Crippen LogP contribution in [0.15, 0.2) is 36.4 Å². The summed E-state index contributed by atoms with van der Waals surface area (Å²) in [6, 6.07) is 6.97. The molecule has 2 saturated heterocycles. The van der Waals surface area contributed by atoms with Crippen molar-refractivity contribution in [2.75, 3.05) is 23.3 Å². The van der Waals surface area contributed by atoms with Gasteiger partial charge in [0.15, 0.2) is 0 Å². The topological polar surface area (TPSA) is 69.7 Å². The summed E-state index contributed by atoms with van der Waals surface area (Å²) in [6.45, 7) is 3.76. The molecule has 1 N–H and O–H groups in total. The summed E-state index contributed by atoms with van der Waals surface area (Å²) in [4.78, 5) is 41.5. The molecular formula is C22H27N3O3. The maximum Gasteiger partial charge on any atom is 0.247 e. The van der Waals surface area contributed by atoms with E-state index in [-0.39, 0.29) is 29.6 Å². The number of anilines is 2. The summed E-state index contributed by atoms with van der Waals surface area (Å²) in [7, 11) is 0. The predicted molar refractivity (Wildman–Crippen MR) is 108 cm³/mol. The van der Waals surface area contributed by atoms with Crippen molar-refractivity contribution in [3.05, 3.63) is 36.4 Å². The number of rotatable bonds is 4. The number of fused-ring (bicyclic) bond motifs is 1. The molecule has 2 aliphatic heterocycles. The average Bonchev–Trinajstić information content (AvgIpc) is 2.99. The van der Waals surface area contributed by atoms with Crippen molar-refractivity contribution in [1.82, 2.24) is 4.90 Å². The monoisotopic (exact) mass is 381 g/mol. The Morgan fingerprint density at radius 3 is 2.11 bits per heavy atom. The maximum atomic E-state index is 12.7. The van der Waals surface area contributed by atoms with Crippen LogP contribution in [0.25, 0.3) is 0 Å². The molecule has 0 unspecified atom stereocenters. The Morgan fingerprint density at radius 2 is 1.54 bits per heavy atom. The first-order valence-electron chi connectivity index (χ1n) is 10.2. The third-order valence-corrected chi connectivity index (χ3v) is 6.16. The van der Waals surface area contributed by atoms with Gasteiger partial charge in [0, 0.05) is 24.5 Å². The fourth-order valence-electron chi connectivity index (χ4n) is 4.48. The minimum atomic E-state index is -0.813. The summed E-state index contributed by atoms with van der Waals surface area (Å²) in [5.41, 5.74) is 1.84. The van der Waals surface area contributed by atoms with E-state index < -0.39 is 6.04 Å². The Hall–Kier alpha value is -2.63. The lowest BCUT2D eigenvalue weighted by atomic mass is 9.85. The van der Waals surface area contributed by atoms with Crippen LogP contribution in [0.4, 0.5) is 11.4 Å². The molecule has 6 nitrogen and oxygen atoms in total. The van der Waals surface area contributed by atoms with Gasteiger partial charge >= 0.3 is 0 Å². The van der Waals surface area contributed by atoms with E-state index in [0.29, 0.717) is 18.5 Å². The summed E-state index contributed by atoms with van der Waals surface area (Å²) in [5, 5.41) is 2.85. The summed E-state index contributed by atoms with van der Waals surface area (Å²) < 4.78 is 0. The maximum absolute atomic E-state index is 12.7. The second-order valence-corrected chi connectivity index (χ2v) is 7.96. The molecule has 4 rings (SSSR count). The van der Waals surface area contributed by atoms with Crippen LogP contribution in [0, 0.1) is 11.8 Å². The zero-order valence-corrected chi connectivity index (χ0v) is 16.3. The fourth-order valence-corrected chi connectivity index (χ4v) is 4.48. The lowest BCUT2D eigenvalue weighted by Gasteiger charge is -2.29. The normalized spacial score (nSPS) is 25.6. The largest absolute Gasteiger partial charge is 0.372 e. The van der Waals surface area contributed by atoms with Crippen molar-refractivity contribution in [2.24, 2.45) is 11.8 Å². The number of piperidine rings is 1. The molecule has 148 valence electrons. The molecule has 1 aromatic rings. The van der Waals surface area contributed by atoms with Gasteiger partial charge in [0.1, 0.15) is 6.04 Å². The first-order chi connectivity index (χ1) is 13.6. The van der Waals surface area contributed by atoms with Gasteiger partial charge in [-0.25, -0.2) is 0 Å². The molecule has 1 aliphatic carbocycles. The second kappa shape index (κ2) is 7.78. The minimum Gasteiger partial charge on any atom is -0.372 e. The SMILES string of the molecule is C[C@@H](C(=O)Nc1ccc(N2CCCCC2)cc1)N1C(=O)[C@@H]2CC=CC[C@H]2C1=O. The zero-order chi connectivity index (χ0) is 19.7. The van der Waals surface area contributed by atoms with Crippen LogP contribution < -0.4 is 10.2 Å². The third-order valence-electron chi connectivity index (χ3n) is 6.16. The molecule has 2 fully saturated rings. The minimum absolute atomic E-state index is 0.220. The van der Waals surface area contributed by atoms with Gasteiger partial charge in [0.05, 0.1) is 11.8 Å². The molecule has 3 atom stereocenters. The number of nitrogens with one attached hydrogen (secondary N) is 1. The predicted octanol–water partition coefficient (Wildman–Crippen LogP) is 2.96. The van der Waals surface area contributed by atoms with Crippen LogP contribution in [0.5, 0.6) is 0 Å².